The molecule has 0 aliphatic rings. The highest BCUT2D eigenvalue weighted by molar-refractivity contribution is 7.92. The summed E-state index contributed by atoms with van der Waals surface area (Å²) in [5, 5.41) is 1.97. The van der Waals surface area contributed by atoms with E-state index in [0.29, 0.717) is 6.07 Å². The highest BCUT2D eigenvalue weighted by atomic mass is 32.2. The normalized spacial score (nSPS) is 16.1. The average molecular weight is 295 g/mol. The molecule has 0 saturated heterocycles. The molecule has 3 nitrogen and oxygen atoms in total. The Kier molecular flexibility index (Phi) is 4.63. The lowest BCUT2D eigenvalue weighted by Gasteiger charge is -2.20. The minimum absolute atomic E-state index is 0.308. The van der Waals surface area contributed by atoms with Crippen LogP contribution in [0.3, 0.4) is 0 Å². The zero-order valence-electron chi connectivity index (χ0n) is 10.8. The van der Waals surface area contributed by atoms with Crippen molar-refractivity contribution in [2.75, 3.05) is 7.05 Å². The number of hydrogen-bond acceptors (Lipinski definition) is 3. The van der Waals surface area contributed by atoms with Gasteiger partial charge in [0.1, 0.15) is 0 Å². The lowest BCUT2D eigenvalue weighted by molar-refractivity contribution is -0.137. The fourth-order valence-corrected chi connectivity index (χ4v) is 3.23. The predicted molar refractivity (Wildman–Crippen MR) is 66.6 cm³/mol. The zero-order chi connectivity index (χ0) is 14.8. The molecule has 0 aliphatic heterocycles. The molecule has 2 unspecified atom stereocenters. The highest BCUT2D eigenvalue weighted by Crippen LogP contribution is 2.31. The van der Waals surface area contributed by atoms with Crippen LogP contribution < -0.4 is 5.32 Å². The second-order valence-electron chi connectivity index (χ2n) is 4.35. The smallest absolute Gasteiger partial charge is 0.316 e. The van der Waals surface area contributed by atoms with Crippen LogP contribution >= 0.6 is 0 Å². The summed E-state index contributed by atoms with van der Waals surface area (Å²) in [5.74, 6) is 0. The van der Waals surface area contributed by atoms with Crippen LogP contribution in [-0.2, 0) is 16.0 Å². The van der Waals surface area contributed by atoms with Crippen molar-refractivity contribution in [3.8, 4) is 0 Å². The Morgan fingerprint density at radius 2 is 1.79 bits per heavy atom. The molecule has 0 spiro atoms. The molecule has 19 heavy (non-hydrogen) atoms. The molecule has 2 atom stereocenters. The van der Waals surface area contributed by atoms with Crippen LogP contribution in [0.2, 0.25) is 0 Å². The van der Waals surface area contributed by atoms with Crippen molar-refractivity contribution in [2.45, 2.75) is 36.2 Å². The Balaban J connectivity index is 3.23. The zero-order valence-corrected chi connectivity index (χ0v) is 11.6. The fourth-order valence-electron chi connectivity index (χ4n) is 1.57. The number of alkyl halides is 3. The van der Waals surface area contributed by atoms with Crippen LogP contribution in [0.1, 0.15) is 19.4 Å². The number of nitrogens with one attached hydrogen (secondary N) is 1. The van der Waals surface area contributed by atoms with Gasteiger partial charge in [-0.3, -0.25) is 0 Å². The molecule has 1 rings (SSSR count). The molecule has 0 heterocycles. The lowest BCUT2D eigenvalue weighted by Crippen LogP contribution is -2.38. The number of rotatable bonds is 4. The number of sulfone groups is 1. The van der Waals surface area contributed by atoms with E-state index in [4.69, 9.17) is 0 Å². The molecule has 1 N–H and O–H groups in total. The third-order valence-electron chi connectivity index (χ3n) is 3.14. The van der Waals surface area contributed by atoms with E-state index < -0.39 is 26.8 Å². The van der Waals surface area contributed by atoms with Gasteiger partial charge in [-0.05, 0) is 39.1 Å². The molecular weight excluding hydrogens is 279 g/mol. The van der Waals surface area contributed by atoms with Crippen LogP contribution in [0.15, 0.2) is 29.2 Å². The fraction of sp³-hybridized carbons (Fsp3) is 0.500. The van der Waals surface area contributed by atoms with Gasteiger partial charge in [-0.15, -0.1) is 0 Å². The van der Waals surface area contributed by atoms with Gasteiger partial charge in [0.05, 0.1) is 15.7 Å². The Labute approximate surface area is 110 Å². The number of hydrogen-bond donors (Lipinski definition) is 1. The van der Waals surface area contributed by atoms with E-state index in [1.165, 1.54) is 13.0 Å². The Hall–Kier alpha value is -1.08. The average Bonchev–Trinajstić information content (AvgIpc) is 2.36. The van der Waals surface area contributed by atoms with Crippen molar-refractivity contribution in [1.29, 1.82) is 0 Å². The summed E-state index contributed by atoms with van der Waals surface area (Å²) < 4.78 is 62.1. The van der Waals surface area contributed by atoms with Crippen molar-refractivity contribution < 1.29 is 21.6 Å². The highest BCUT2D eigenvalue weighted by Gasteiger charge is 2.33. The molecular formula is C12H16F3NO2S. The largest absolute Gasteiger partial charge is 0.416 e. The molecule has 1 aromatic rings. The maximum atomic E-state index is 12.6. The molecule has 0 bridgehead atoms. The first-order valence-corrected chi connectivity index (χ1v) is 7.23. The Morgan fingerprint density at radius 1 is 1.21 bits per heavy atom. The second kappa shape index (κ2) is 5.50. The topological polar surface area (TPSA) is 46.2 Å². The van der Waals surface area contributed by atoms with Gasteiger partial charge in [-0.1, -0.05) is 6.07 Å². The van der Waals surface area contributed by atoms with Crippen molar-refractivity contribution in [2.24, 2.45) is 0 Å². The van der Waals surface area contributed by atoms with Crippen LogP contribution in [0.25, 0.3) is 0 Å². The van der Waals surface area contributed by atoms with E-state index in [1.807, 2.05) is 0 Å². The summed E-state index contributed by atoms with van der Waals surface area (Å²) in [4.78, 5) is -0.308. The molecule has 0 saturated carbocycles. The van der Waals surface area contributed by atoms with Gasteiger partial charge in [0.15, 0.2) is 9.84 Å². The molecule has 0 fully saturated rings. The maximum absolute atomic E-state index is 12.6. The summed E-state index contributed by atoms with van der Waals surface area (Å²) in [6.07, 6.45) is -4.55. The second-order valence-corrected chi connectivity index (χ2v) is 6.66. The Bertz CT molecular complexity index is 540. The van der Waals surface area contributed by atoms with Crippen molar-refractivity contribution >= 4 is 9.84 Å². The molecule has 0 aromatic heterocycles. The summed E-state index contributed by atoms with van der Waals surface area (Å²) in [6, 6.07) is 3.45. The van der Waals surface area contributed by atoms with Gasteiger partial charge >= 0.3 is 6.18 Å². The van der Waals surface area contributed by atoms with Crippen LogP contribution in [0.5, 0.6) is 0 Å². The van der Waals surface area contributed by atoms with Gasteiger partial charge in [0.25, 0.3) is 0 Å². The van der Waals surface area contributed by atoms with E-state index in [2.05, 4.69) is 5.32 Å². The summed E-state index contributed by atoms with van der Waals surface area (Å²) in [7, 11) is -2.20. The van der Waals surface area contributed by atoms with Crippen LogP contribution in [0.4, 0.5) is 13.2 Å². The van der Waals surface area contributed by atoms with Crippen molar-refractivity contribution in [1.82, 2.24) is 5.32 Å². The molecule has 1 aromatic carbocycles. The number of benzene rings is 1. The Morgan fingerprint density at radius 3 is 2.26 bits per heavy atom. The quantitative estimate of drug-likeness (QED) is 0.928. The molecule has 108 valence electrons. The van der Waals surface area contributed by atoms with Crippen molar-refractivity contribution in [3.05, 3.63) is 29.8 Å². The van der Waals surface area contributed by atoms with Crippen LogP contribution in [0, 0.1) is 0 Å². The van der Waals surface area contributed by atoms with Gasteiger partial charge in [0.2, 0.25) is 0 Å². The number of halogens is 3. The molecule has 0 aliphatic carbocycles. The minimum atomic E-state index is -4.55. The standard InChI is InChI=1S/C12H16F3NO2S/c1-8(16-3)9(2)19(17,18)11-6-4-5-10(7-11)12(13,14)15/h4-9,16H,1-3H3. The maximum Gasteiger partial charge on any atom is 0.416 e. The monoisotopic (exact) mass is 295 g/mol. The molecule has 7 heteroatoms. The van der Waals surface area contributed by atoms with Gasteiger partial charge in [-0.25, -0.2) is 8.42 Å². The third-order valence-corrected chi connectivity index (χ3v) is 5.44. The van der Waals surface area contributed by atoms with Gasteiger partial charge < -0.3 is 5.32 Å². The van der Waals surface area contributed by atoms with Crippen LogP contribution in [-0.4, -0.2) is 26.8 Å². The van der Waals surface area contributed by atoms with E-state index in [9.17, 15) is 21.6 Å². The van der Waals surface area contributed by atoms with E-state index in [-0.39, 0.29) is 10.9 Å². The van der Waals surface area contributed by atoms with Gasteiger partial charge in [-0.2, -0.15) is 13.2 Å². The minimum Gasteiger partial charge on any atom is -0.316 e. The summed E-state index contributed by atoms with van der Waals surface area (Å²) in [6.45, 7) is 3.13. The predicted octanol–water partition coefficient (Wildman–Crippen LogP) is 2.48. The lowest BCUT2D eigenvalue weighted by atomic mass is 10.2. The van der Waals surface area contributed by atoms with E-state index >= 15 is 0 Å². The van der Waals surface area contributed by atoms with E-state index in [0.717, 1.165) is 12.1 Å². The molecule has 0 radical (unpaired) electrons. The first-order valence-electron chi connectivity index (χ1n) is 5.69. The third kappa shape index (κ3) is 3.48. The first kappa shape index (κ1) is 16.0. The summed E-state index contributed by atoms with van der Waals surface area (Å²) in [5.41, 5.74) is -0.960. The summed E-state index contributed by atoms with van der Waals surface area (Å²) >= 11 is 0. The van der Waals surface area contributed by atoms with Crippen molar-refractivity contribution in [3.63, 3.8) is 0 Å². The molecule has 0 amide bonds. The van der Waals surface area contributed by atoms with Gasteiger partial charge in [0, 0.05) is 6.04 Å². The van der Waals surface area contributed by atoms with E-state index in [1.54, 1.807) is 14.0 Å². The SMILES string of the molecule is CNC(C)C(C)S(=O)(=O)c1cccc(C(F)(F)F)c1. The first-order chi connectivity index (χ1) is 8.60.